The molecule has 7 nitrogen and oxygen atoms in total. The van der Waals surface area contributed by atoms with Gasteiger partial charge in [-0.25, -0.2) is 0 Å². The van der Waals surface area contributed by atoms with Crippen LogP contribution < -0.4 is 19.7 Å². The van der Waals surface area contributed by atoms with Crippen LogP contribution in [-0.2, 0) is 9.59 Å². The highest BCUT2D eigenvalue weighted by atomic mass is 35.5. The van der Waals surface area contributed by atoms with Crippen molar-refractivity contribution in [3.63, 3.8) is 0 Å². The zero-order valence-electron chi connectivity index (χ0n) is 14.9. The van der Waals surface area contributed by atoms with E-state index in [-0.39, 0.29) is 27.9 Å². The Bertz CT molecular complexity index is 979. The third kappa shape index (κ3) is 3.64. The third-order valence-corrected chi connectivity index (χ3v) is 4.54. The van der Waals surface area contributed by atoms with Crippen molar-refractivity contribution >= 4 is 52.5 Å². The number of phenols is 1. The second-order valence-electron chi connectivity index (χ2n) is 5.71. The zero-order chi connectivity index (χ0) is 20.4. The van der Waals surface area contributed by atoms with Gasteiger partial charge in [-0.1, -0.05) is 11.6 Å². The molecule has 28 heavy (non-hydrogen) atoms. The van der Waals surface area contributed by atoms with E-state index in [1.165, 1.54) is 37.3 Å². The molecule has 3 rings (SSSR count). The summed E-state index contributed by atoms with van der Waals surface area (Å²) in [6, 6.07) is 9.42. The number of rotatable bonds is 4. The van der Waals surface area contributed by atoms with E-state index in [4.69, 9.17) is 33.3 Å². The van der Waals surface area contributed by atoms with Crippen molar-refractivity contribution in [1.29, 1.82) is 0 Å². The Morgan fingerprint density at radius 1 is 1.11 bits per heavy atom. The second-order valence-corrected chi connectivity index (χ2v) is 6.53. The lowest BCUT2D eigenvalue weighted by Gasteiger charge is -2.29. The molecule has 1 saturated heterocycles. The molecule has 0 aromatic heterocycles. The van der Waals surface area contributed by atoms with Gasteiger partial charge in [-0.05, 0) is 60.3 Å². The molecule has 144 valence electrons. The number of ether oxygens (including phenoxy) is 2. The number of hydrogen-bond acceptors (Lipinski definition) is 6. The number of thiocarbonyl (C=S) groups is 1. The van der Waals surface area contributed by atoms with Crippen molar-refractivity contribution in [3.8, 4) is 17.2 Å². The number of aromatic hydroxyl groups is 1. The Morgan fingerprint density at radius 3 is 2.21 bits per heavy atom. The predicted molar refractivity (Wildman–Crippen MR) is 109 cm³/mol. The smallest absolute Gasteiger partial charge is 0.270 e. The van der Waals surface area contributed by atoms with Crippen molar-refractivity contribution in [2.24, 2.45) is 0 Å². The number of amides is 2. The molecule has 0 spiro atoms. The van der Waals surface area contributed by atoms with Crippen LogP contribution >= 0.6 is 23.8 Å². The lowest BCUT2D eigenvalue weighted by atomic mass is 10.1. The van der Waals surface area contributed by atoms with Crippen molar-refractivity contribution in [3.05, 3.63) is 52.6 Å². The van der Waals surface area contributed by atoms with Gasteiger partial charge in [0.1, 0.15) is 5.57 Å². The van der Waals surface area contributed by atoms with Gasteiger partial charge in [0.25, 0.3) is 11.8 Å². The quantitative estimate of drug-likeness (QED) is 0.451. The Balaban J connectivity index is 2.05. The molecule has 0 atom stereocenters. The number of nitrogens with zero attached hydrogens (tertiary/aromatic N) is 1. The fourth-order valence-corrected chi connectivity index (χ4v) is 3.05. The molecule has 1 heterocycles. The molecule has 0 aliphatic carbocycles. The third-order valence-electron chi connectivity index (χ3n) is 4.00. The fourth-order valence-electron chi connectivity index (χ4n) is 2.65. The van der Waals surface area contributed by atoms with Crippen LogP contribution in [0, 0.1) is 0 Å². The van der Waals surface area contributed by atoms with Crippen molar-refractivity contribution in [2.75, 3.05) is 19.1 Å². The van der Waals surface area contributed by atoms with Gasteiger partial charge in [-0.2, -0.15) is 0 Å². The maximum absolute atomic E-state index is 13.0. The molecular weight excluding hydrogens is 404 g/mol. The van der Waals surface area contributed by atoms with Crippen molar-refractivity contribution < 1.29 is 24.2 Å². The Kier molecular flexibility index (Phi) is 5.53. The maximum Gasteiger partial charge on any atom is 0.270 e. The monoisotopic (exact) mass is 418 g/mol. The molecule has 2 aromatic rings. The lowest BCUT2D eigenvalue weighted by molar-refractivity contribution is -0.122. The SMILES string of the molecule is COc1cc(C=C2C(=O)NC(=S)N(c3ccc(Cl)cc3)C2=O)cc(OC)c1O. The number of methoxy groups -OCH3 is 2. The minimum atomic E-state index is -0.633. The van der Waals surface area contributed by atoms with E-state index in [1.807, 2.05) is 0 Å². The second kappa shape index (κ2) is 7.87. The molecule has 1 aliphatic heterocycles. The molecule has 0 saturated carbocycles. The van der Waals surface area contributed by atoms with Crippen LogP contribution in [0.5, 0.6) is 17.2 Å². The molecule has 0 bridgehead atoms. The summed E-state index contributed by atoms with van der Waals surface area (Å²) < 4.78 is 10.2. The van der Waals surface area contributed by atoms with Gasteiger partial charge in [0.2, 0.25) is 5.75 Å². The van der Waals surface area contributed by atoms with E-state index >= 15 is 0 Å². The predicted octanol–water partition coefficient (Wildman–Crippen LogP) is 2.89. The van der Waals surface area contributed by atoms with Crippen LogP contribution in [0.25, 0.3) is 6.08 Å². The summed E-state index contributed by atoms with van der Waals surface area (Å²) in [5, 5.41) is 13.0. The summed E-state index contributed by atoms with van der Waals surface area (Å²) >= 11 is 11.0. The van der Waals surface area contributed by atoms with E-state index in [0.29, 0.717) is 16.3 Å². The first kappa shape index (κ1) is 19.7. The first-order valence-electron chi connectivity index (χ1n) is 7.97. The Labute approximate surface area is 171 Å². The molecule has 0 radical (unpaired) electrons. The van der Waals surface area contributed by atoms with Gasteiger partial charge in [-0.15, -0.1) is 0 Å². The van der Waals surface area contributed by atoms with E-state index < -0.39 is 11.8 Å². The normalized spacial score (nSPS) is 15.6. The number of carbonyl (C=O) groups excluding carboxylic acids is 2. The number of hydrogen-bond donors (Lipinski definition) is 2. The van der Waals surface area contributed by atoms with Gasteiger partial charge in [0, 0.05) is 5.02 Å². The minimum Gasteiger partial charge on any atom is -0.502 e. The number of phenolic OH excluding ortho intramolecular Hbond substituents is 1. The van der Waals surface area contributed by atoms with E-state index in [9.17, 15) is 14.7 Å². The summed E-state index contributed by atoms with van der Waals surface area (Å²) in [6.45, 7) is 0. The molecule has 2 aromatic carbocycles. The largest absolute Gasteiger partial charge is 0.502 e. The van der Waals surface area contributed by atoms with Crippen LogP contribution in [0.4, 0.5) is 5.69 Å². The summed E-state index contributed by atoms with van der Waals surface area (Å²) in [5.74, 6) is -1.14. The standard InChI is InChI=1S/C19H15ClN2O5S/c1-26-14-8-10(9-15(27-2)16(14)23)7-13-17(24)21-19(28)22(18(13)25)12-5-3-11(20)4-6-12/h3-9,23H,1-2H3,(H,21,24,28). The average Bonchev–Trinajstić information content (AvgIpc) is 2.67. The first-order valence-corrected chi connectivity index (χ1v) is 8.76. The van der Waals surface area contributed by atoms with Crippen molar-refractivity contribution in [1.82, 2.24) is 5.32 Å². The summed E-state index contributed by atoms with van der Waals surface area (Å²) in [7, 11) is 2.76. The summed E-state index contributed by atoms with van der Waals surface area (Å²) in [6.07, 6.45) is 1.37. The molecule has 2 N–H and O–H groups in total. The highest BCUT2D eigenvalue weighted by Gasteiger charge is 2.34. The molecule has 0 unspecified atom stereocenters. The number of benzene rings is 2. The highest BCUT2D eigenvalue weighted by molar-refractivity contribution is 7.80. The zero-order valence-corrected chi connectivity index (χ0v) is 16.4. The first-order chi connectivity index (χ1) is 13.3. The number of halogens is 1. The molecular formula is C19H15ClN2O5S. The van der Waals surface area contributed by atoms with Gasteiger partial charge >= 0.3 is 0 Å². The number of nitrogens with one attached hydrogen (secondary N) is 1. The maximum atomic E-state index is 13.0. The van der Waals surface area contributed by atoms with Crippen LogP contribution in [-0.4, -0.2) is 36.3 Å². The topological polar surface area (TPSA) is 88.1 Å². The minimum absolute atomic E-state index is 0.0321. The summed E-state index contributed by atoms with van der Waals surface area (Å²) in [5.41, 5.74) is 0.749. The lowest BCUT2D eigenvalue weighted by Crippen LogP contribution is -2.54. The van der Waals surface area contributed by atoms with Gasteiger partial charge in [0.15, 0.2) is 16.6 Å². The summed E-state index contributed by atoms with van der Waals surface area (Å²) in [4.78, 5) is 26.6. The molecule has 9 heteroatoms. The highest BCUT2D eigenvalue weighted by Crippen LogP contribution is 2.38. The van der Waals surface area contributed by atoms with Crippen LogP contribution in [0.15, 0.2) is 42.0 Å². The van der Waals surface area contributed by atoms with Gasteiger partial charge in [-0.3, -0.25) is 19.8 Å². The van der Waals surface area contributed by atoms with Crippen LogP contribution in [0.3, 0.4) is 0 Å². The van der Waals surface area contributed by atoms with Crippen LogP contribution in [0.1, 0.15) is 5.56 Å². The van der Waals surface area contributed by atoms with Gasteiger partial charge < -0.3 is 14.6 Å². The Hall–Kier alpha value is -3.10. The Morgan fingerprint density at radius 2 is 1.68 bits per heavy atom. The van der Waals surface area contributed by atoms with Gasteiger partial charge in [0.05, 0.1) is 19.9 Å². The van der Waals surface area contributed by atoms with E-state index in [1.54, 1.807) is 24.3 Å². The van der Waals surface area contributed by atoms with E-state index in [0.717, 1.165) is 0 Å². The fraction of sp³-hybridized carbons (Fsp3) is 0.105. The molecule has 1 aliphatic rings. The number of carbonyl (C=O) groups is 2. The van der Waals surface area contributed by atoms with Crippen molar-refractivity contribution in [2.45, 2.75) is 0 Å². The number of anilines is 1. The molecule has 2 amide bonds. The van der Waals surface area contributed by atoms with E-state index in [2.05, 4.69) is 5.32 Å². The molecule has 1 fully saturated rings. The van der Waals surface area contributed by atoms with Crippen LogP contribution in [0.2, 0.25) is 5.02 Å². The average molecular weight is 419 g/mol.